The van der Waals surface area contributed by atoms with Crippen molar-refractivity contribution in [3.63, 3.8) is 0 Å². The summed E-state index contributed by atoms with van der Waals surface area (Å²) < 4.78 is 0. The first-order valence-corrected chi connectivity index (χ1v) is 28.4. The van der Waals surface area contributed by atoms with Gasteiger partial charge in [0.1, 0.15) is 0 Å². The average molecular weight is 1060 g/mol. The van der Waals surface area contributed by atoms with Crippen LogP contribution in [0.3, 0.4) is 0 Å². The number of benzene rings is 14. The minimum atomic E-state index is 1.08. The molecule has 0 radical (unpaired) electrons. The second-order valence-electron chi connectivity index (χ2n) is 21.0. The van der Waals surface area contributed by atoms with Gasteiger partial charge in [-0.25, -0.2) is 0 Å². The van der Waals surface area contributed by atoms with Crippen molar-refractivity contribution in [1.82, 2.24) is 0 Å². The lowest BCUT2D eigenvalue weighted by atomic mass is 9.99. The molecule has 0 aliphatic heterocycles. The van der Waals surface area contributed by atoms with Crippen LogP contribution in [0.5, 0.6) is 0 Å². The molecule has 0 saturated heterocycles. The molecule has 0 unspecified atom stereocenters. The van der Waals surface area contributed by atoms with Gasteiger partial charge in [-0.05, 0) is 186 Å². The fraction of sp³-hybridized carbons (Fsp3) is 0. The third-order valence-electron chi connectivity index (χ3n) is 15.8. The van der Waals surface area contributed by atoms with Gasteiger partial charge in [-0.15, -0.1) is 0 Å². The molecule has 0 fully saturated rings. The molecule has 14 aromatic carbocycles. The van der Waals surface area contributed by atoms with Crippen molar-refractivity contribution in [2.75, 3.05) is 14.7 Å². The topological polar surface area (TPSA) is 9.72 Å². The second-order valence-corrected chi connectivity index (χ2v) is 21.0. The Bertz CT molecular complexity index is 4220. The van der Waals surface area contributed by atoms with Crippen molar-refractivity contribution in [3.8, 4) is 55.6 Å². The summed E-state index contributed by atoms with van der Waals surface area (Å²) in [6, 6.07) is 125. The summed E-state index contributed by atoms with van der Waals surface area (Å²) in [5.41, 5.74) is 21.7. The summed E-state index contributed by atoms with van der Waals surface area (Å²) in [7, 11) is 0. The second kappa shape index (κ2) is 22.6. The van der Waals surface area contributed by atoms with Gasteiger partial charge in [-0.2, -0.15) is 0 Å². The Morgan fingerprint density at radius 2 is 0.301 bits per heavy atom. The Labute approximate surface area is 486 Å². The van der Waals surface area contributed by atoms with E-state index in [1.165, 1.54) is 66.1 Å². The molecule has 0 heterocycles. The Morgan fingerprint density at radius 1 is 0.120 bits per heavy atom. The third kappa shape index (κ3) is 10.5. The van der Waals surface area contributed by atoms with Gasteiger partial charge < -0.3 is 14.7 Å². The van der Waals surface area contributed by atoms with Crippen LogP contribution in [0.2, 0.25) is 0 Å². The Balaban J connectivity index is 0.703. The van der Waals surface area contributed by atoms with E-state index in [1.807, 2.05) is 0 Å². The molecule has 0 N–H and O–H groups in total. The van der Waals surface area contributed by atoms with Crippen LogP contribution >= 0.6 is 0 Å². The Morgan fingerprint density at radius 3 is 0.578 bits per heavy atom. The number of nitrogens with zero attached hydrogens (tertiary/aromatic N) is 3. The van der Waals surface area contributed by atoms with Crippen molar-refractivity contribution in [3.05, 3.63) is 346 Å². The number of fused-ring (bicyclic) bond motifs is 2. The first-order valence-electron chi connectivity index (χ1n) is 28.4. The highest BCUT2D eigenvalue weighted by atomic mass is 15.2. The predicted molar refractivity (Wildman–Crippen MR) is 353 cm³/mol. The SMILES string of the molecule is c1ccc(-c2ccc(N(c3ccc(-c4ccc(-c5ccc(N(c6ccccc6)c6ccc7ccccc7c6)cc5)cc4)cc3)c3ccc(-c4ccc(-c5ccc(N(c6ccccc6)c6ccc7ccccc7c6)cc5)cc4)cc3)cc2)cc1. The molecule has 0 aromatic heterocycles. The van der Waals surface area contributed by atoms with Gasteiger partial charge in [0.15, 0.2) is 0 Å². The van der Waals surface area contributed by atoms with Crippen molar-refractivity contribution in [2.24, 2.45) is 0 Å². The molecule has 0 aliphatic rings. The van der Waals surface area contributed by atoms with Gasteiger partial charge in [-0.3, -0.25) is 0 Å². The van der Waals surface area contributed by atoms with Crippen LogP contribution < -0.4 is 14.7 Å². The van der Waals surface area contributed by atoms with Crippen LogP contribution in [0.25, 0.3) is 77.2 Å². The van der Waals surface area contributed by atoms with Gasteiger partial charge in [-0.1, -0.05) is 237 Å². The Kier molecular flexibility index (Phi) is 13.7. The van der Waals surface area contributed by atoms with Crippen LogP contribution in [0.1, 0.15) is 0 Å². The van der Waals surface area contributed by atoms with Gasteiger partial charge in [0, 0.05) is 51.2 Å². The lowest BCUT2D eigenvalue weighted by Gasteiger charge is -2.26. The fourth-order valence-corrected chi connectivity index (χ4v) is 11.5. The minimum absolute atomic E-state index is 1.08. The summed E-state index contributed by atoms with van der Waals surface area (Å²) in [6.45, 7) is 0. The summed E-state index contributed by atoms with van der Waals surface area (Å²) >= 11 is 0. The Hall–Kier alpha value is -11.0. The number of hydrogen-bond acceptors (Lipinski definition) is 3. The maximum absolute atomic E-state index is 2.35. The highest BCUT2D eigenvalue weighted by Gasteiger charge is 2.18. The zero-order chi connectivity index (χ0) is 55.3. The molecule has 83 heavy (non-hydrogen) atoms. The van der Waals surface area contributed by atoms with Gasteiger partial charge in [0.2, 0.25) is 0 Å². The molecule has 0 bridgehead atoms. The summed E-state index contributed by atoms with van der Waals surface area (Å²) in [4.78, 5) is 7.00. The number of para-hydroxylation sites is 2. The van der Waals surface area contributed by atoms with E-state index < -0.39 is 0 Å². The molecular formula is C80H57N3. The number of anilines is 9. The van der Waals surface area contributed by atoms with E-state index in [4.69, 9.17) is 0 Å². The molecule has 14 aromatic rings. The zero-order valence-corrected chi connectivity index (χ0v) is 45.8. The van der Waals surface area contributed by atoms with E-state index in [9.17, 15) is 0 Å². The third-order valence-corrected chi connectivity index (χ3v) is 15.8. The lowest BCUT2D eigenvalue weighted by Crippen LogP contribution is -2.09. The molecular weight excluding hydrogens is 1000 g/mol. The van der Waals surface area contributed by atoms with Crippen molar-refractivity contribution < 1.29 is 0 Å². The van der Waals surface area contributed by atoms with Gasteiger partial charge in [0.05, 0.1) is 0 Å². The maximum atomic E-state index is 2.35. The molecule has 392 valence electrons. The van der Waals surface area contributed by atoms with Gasteiger partial charge >= 0.3 is 0 Å². The van der Waals surface area contributed by atoms with Crippen LogP contribution in [0.4, 0.5) is 51.2 Å². The predicted octanol–water partition coefficient (Wildman–Crippen LogP) is 22.7. The number of hydrogen-bond donors (Lipinski definition) is 0. The monoisotopic (exact) mass is 1060 g/mol. The van der Waals surface area contributed by atoms with E-state index in [0.717, 1.165) is 62.3 Å². The van der Waals surface area contributed by atoms with E-state index in [0.29, 0.717) is 0 Å². The van der Waals surface area contributed by atoms with E-state index in [1.54, 1.807) is 0 Å². The number of rotatable bonds is 14. The standard InChI is InChI=1S/C80H57N3/c1-4-14-58(15-5-1)65-32-44-74(45-33-65)81(75-46-34-66(35-47-75)61-24-28-63(29-25-61)68-38-50-77(51-39-68)82(72-20-6-2-7-21-72)79-54-42-59-16-10-12-18-70(59)56-79)76-48-36-67(37-49-76)62-26-30-64(31-27-62)69-40-52-78(53-41-69)83(73-22-8-3-9-23-73)80-55-43-60-17-11-13-19-71(60)57-80/h1-57H. The van der Waals surface area contributed by atoms with Crippen molar-refractivity contribution >= 4 is 72.7 Å². The summed E-state index contributed by atoms with van der Waals surface area (Å²) in [5.74, 6) is 0. The average Bonchev–Trinajstić information content (AvgIpc) is 3.62. The first kappa shape index (κ1) is 50.2. The molecule has 0 atom stereocenters. The summed E-state index contributed by atoms with van der Waals surface area (Å²) in [5, 5.41) is 4.90. The summed E-state index contributed by atoms with van der Waals surface area (Å²) in [6.07, 6.45) is 0. The molecule has 0 amide bonds. The molecule has 14 rings (SSSR count). The molecule has 3 heteroatoms. The van der Waals surface area contributed by atoms with E-state index in [2.05, 4.69) is 360 Å². The van der Waals surface area contributed by atoms with E-state index in [-0.39, 0.29) is 0 Å². The largest absolute Gasteiger partial charge is 0.311 e. The zero-order valence-electron chi connectivity index (χ0n) is 45.8. The highest BCUT2D eigenvalue weighted by Crippen LogP contribution is 2.42. The van der Waals surface area contributed by atoms with Crippen LogP contribution in [0, 0.1) is 0 Å². The van der Waals surface area contributed by atoms with Crippen molar-refractivity contribution in [1.29, 1.82) is 0 Å². The normalized spacial score (nSPS) is 11.1. The van der Waals surface area contributed by atoms with Crippen LogP contribution in [0.15, 0.2) is 346 Å². The molecule has 0 spiro atoms. The lowest BCUT2D eigenvalue weighted by molar-refractivity contribution is 1.28. The highest BCUT2D eigenvalue weighted by molar-refractivity contribution is 5.91. The van der Waals surface area contributed by atoms with Crippen LogP contribution in [-0.2, 0) is 0 Å². The molecule has 3 nitrogen and oxygen atoms in total. The minimum Gasteiger partial charge on any atom is -0.311 e. The van der Waals surface area contributed by atoms with Crippen molar-refractivity contribution in [2.45, 2.75) is 0 Å². The van der Waals surface area contributed by atoms with Crippen LogP contribution in [-0.4, -0.2) is 0 Å². The maximum Gasteiger partial charge on any atom is 0.0468 e. The van der Waals surface area contributed by atoms with E-state index >= 15 is 0 Å². The van der Waals surface area contributed by atoms with Gasteiger partial charge in [0.25, 0.3) is 0 Å². The smallest absolute Gasteiger partial charge is 0.0468 e. The fourth-order valence-electron chi connectivity index (χ4n) is 11.5. The first-order chi connectivity index (χ1) is 41.1. The molecule has 0 aliphatic carbocycles. The quantitative estimate of drug-likeness (QED) is 0.107. The molecule has 0 saturated carbocycles.